The van der Waals surface area contributed by atoms with Crippen LogP contribution in [0.2, 0.25) is 0 Å². The van der Waals surface area contributed by atoms with Crippen LogP contribution < -0.4 is 4.74 Å². The number of carbonyl (C=O) groups excluding carboxylic acids is 1. The third kappa shape index (κ3) is 4.07. The van der Waals surface area contributed by atoms with Gasteiger partial charge in [0.2, 0.25) is 0 Å². The summed E-state index contributed by atoms with van der Waals surface area (Å²) in [6.45, 7) is 2.84. The number of hydrogen-bond acceptors (Lipinski definition) is 3. The maximum Gasteiger partial charge on any atom is 0.192 e. The molecule has 0 amide bonds. The summed E-state index contributed by atoms with van der Waals surface area (Å²) in [4.78, 5) is 12.2. The van der Waals surface area contributed by atoms with Crippen molar-refractivity contribution >= 4 is 5.78 Å². The molecular formula is C17H24O3. The molecule has 3 nitrogen and oxygen atoms in total. The number of rotatable bonds is 6. The van der Waals surface area contributed by atoms with E-state index in [4.69, 9.17) is 9.47 Å². The summed E-state index contributed by atoms with van der Waals surface area (Å²) in [5.41, 5.74) is 1.70. The Morgan fingerprint density at radius 1 is 1.25 bits per heavy atom. The summed E-state index contributed by atoms with van der Waals surface area (Å²) in [5.74, 6) is 1.27. The molecule has 0 aliphatic heterocycles. The lowest BCUT2D eigenvalue weighted by atomic mass is 9.90. The average Bonchev–Trinajstić information content (AvgIpc) is 2.48. The third-order valence-electron chi connectivity index (χ3n) is 3.97. The van der Waals surface area contributed by atoms with Crippen molar-refractivity contribution in [3.63, 3.8) is 0 Å². The Morgan fingerprint density at radius 2 is 2.00 bits per heavy atom. The molecular weight excluding hydrogens is 252 g/mol. The molecule has 1 aromatic rings. The Hall–Kier alpha value is -1.35. The van der Waals surface area contributed by atoms with Crippen molar-refractivity contribution in [1.82, 2.24) is 0 Å². The van der Waals surface area contributed by atoms with E-state index in [0.717, 1.165) is 5.56 Å². The normalized spacial score (nSPS) is 16.1. The standard InChI is InChI=1S/C17H24O3/c1-13-8-9-15(17(10-13)19-2)16(18)12-20-11-14-6-4-3-5-7-14/h8-10,14H,3-7,11-12H2,1-2H3. The Morgan fingerprint density at radius 3 is 2.70 bits per heavy atom. The summed E-state index contributed by atoms with van der Waals surface area (Å²) in [5, 5.41) is 0. The summed E-state index contributed by atoms with van der Waals surface area (Å²) in [6.07, 6.45) is 6.42. The first-order valence-electron chi connectivity index (χ1n) is 7.46. The van der Waals surface area contributed by atoms with Gasteiger partial charge in [-0.25, -0.2) is 0 Å². The average molecular weight is 276 g/mol. The first kappa shape index (κ1) is 15.0. The van der Waals surface area contributed by atoms with Crippen molar-refractivity contribution < 1.29 is 14.3 Å². The fourth-order valence-corrected chi connectivity index (χ4v) is 2.78. The van der Waals surface area contributed by atoms with E-state index in [2.05, 4.69) is 0 Å². The molecule has 1 aliphatic rings. The largest absolute Gasteiger partial charge is 0.496 e. The molecule has 0 saturated heterocycles. The minimum absolute atomic E-state index is 0.00217. The van der Waals surface area contributed by atoms with Crippen molar-refractivity contribution in [3.8, 4) is 5.75 Å². The molecule has 0 atom stereocenters. The van der Waals surface area contributed by atoms with Crippen LogP contribution in [0.25, 0.3) is 0 Å². The van der Waals surface area contributed by atoms with Crippen molar-refractivity contribution in [1.29, 1.82) is 0 Å². The van der Waals surface area contributed by atoms with Gasteiger partial charge in [-0.1, -0.05) is 25.3 Å². The van der Waals surface area contributed by atoms with Crippen LogP contribution in [0.4, 0.5) is 0 Å². The van der Waals surface area contributed by atoms with Crippen LogP contribution in [-0.4, -0.2) is 26.1 Å². The molecule has 0 aromatic heterocycles. The highest BCUT2D eigenvalue weighted by atomic mass is 16.5. The van der Waals surface area contributed by atoms with Crippen LogP contribution in [0, 0.1) is 12.8 Å². The second-order valence-corrected chi connectivity index (χ2v) is 5.65. The van der Waals surface area contributed by atoms with Gasteiger partial charge in [0.05, 0.1) is 19.3 Å². The molecule has 0 radical (unpaired) electrons. The molecule has 0 spiro atoms. The van der Waals surface area contributed by atoms with Crippen LogP contribution in [0.15, 0.2) is 18.2 Å². The molecule has 1 aliphatic carbocycles. The second kappa shape index (κ2) is 7.44. The predicted molar refractivity (Wildman–Crippen MR) is 79.5 cm³/mol. The van der Waals surface area contributed by atoms with Gasteiger partial charge in [-0.05, 0) is 43.4 Å². The first-order valence-corrected chi connectivity index (χ1v) is 7.46. The van der Waals surface area contributed by atoms with E-state index in [1.54, 1.807) is 7.11 Å². The highest BCUT2D eigenvalue weighted by molar-refractivity contribution is 5.99. The number of carbonyl (C=O) groups is 1. The quantitative estimate of drug-likeness (QED) is 0.742. The molecule has 110 valence electrons. The van der Waals surface area contributed by atoms with Crippen molar-refractivity contribution in [2.45, 2.75) is 39.0 Å². The molecule has 0 N–H and O–H groups in total. The Bertz CT molecular complexity index is 448. The maximum atomic E-state index is 12.2. The van der Waals surface area contributed by atoms with Crippen LogP contribution in [-0.2, 0) is 4.74 Å². The third-order valence-corrected chi connectivity index (χ3v) is 3.97. The van der Waals surface area contributed by atoms with Gasteiger partial charge in [0.15, 0.2) is 5.78 Å². The van der Waals surface area contributed by atoms with Crippen LogP contribution >= 0.6 is 0 Å². The smallest absolute Gasteiger partial charge is 0.192 e. The minimum atomic E-state index is -0.00217. The van der Waals surface area contributed by atoms with Gasteiger partial charge in [0.25, 0.3) is 0 Å². The van der Waals surface area contributed by atoms with E-state index in [1.165, 1.54) is 32.1 Å². The Labute approximate surface area is 121 Å². The highest BCUT2D eigenvalue weighted by Crippen LogP contribution is 2.24. The van der Waals surface area contributed by atoms with Crippen LogP contribution in [0.5, 0.6) is 5.75 Å². The summed E-state index contributed by atoms with van der Waals surface area (Å²) in [7, 11) is 1.59. The van der Waals surface area contributed by atoms with Gasteiger partial charge in [-0.15, -0.1) is 0 Å². The molecule has 1 fully saturated rings. The molecule has 1 saturated carbocycles. The number of ether oxygens (including phenoxy) is 2. The van der Waals surface area contributed by atoms with E-state index in [0.29, 0.717) is 23.8 Å². The zero-order chi connectivity index (χ0) is 14.4. The second-order valence-electron chi connectivity index (χ2n) is 5.65. The van der Waals surface area contributed by atoms with E-state index in [9.17, 15) is 4.79 Å². The molecule has 0 bridgehead atoms. The molecule has 1 aromatic carbocycles. The number of ketones is 1. The first-order chi connectivity index (χ1) is 9.70. The summed E-state index contributed by atoms with van der Waals surface area (Å²) in [6, 6.07) is 5.63. The number of aryl methyl sites for hydroxylation is 1. The number of methoxy groups -OCH3 is 1. The van der Waals surface area contributed by atoms with Gasteiger partial charge < -0.3 is 9.47 Å². The summed E-state index contributed by atoms with van der Waals surface area (Å²) >= 11 is 0. The number of Topliss-reactive ketones (excluding diaryl/α,β-unsaturated/α-hetero) is 1. The molecule has 2 rings (SSSR count). The van der Waals surface area contributed by atoms with Crippen LogP contribution in [0.1, 0.15) is 48.0 Å². The van der Waals surface area contributed by atoms with Gasteiger partial charge in [-0.3, -0.25) is 4.79 Å². The minimum Gasteiger partial charge on any atom is -0.496 e. The SMILES string of the molecule is COc1cc(C)ccc1C(=O)COCC1CCCCC1. The van der Waals surface area contributed by atoms with Crippen molar-refractivity contribution in [2.24, 2.45) is 5.92 Å². The van der Waals surface area contributed by atoms with E-state index in [1.807, 2.05) is 25.1 Å². The number of hydrogen-bond donors (Lipinski definition) is 0. The highest BCUT2D eigenvalue weighted by Gasteiger charge is 2.16. The number of benzene rings is 1. The van der Waals surface area contributed by atoms with Crippen molar-refractivity contribution in [3.05, 3.63) is 29.3 Å². The predicted octanol–water partition coefficient (Wildman–Crippen LogP) is 3.78. The topological polar surface area (TPSA) is 35.5 Å². The Balaban J connectivity index is 1.85. The zero-order valence-electron chi connectivity index (χ0n) is 12.5. The Kier molecular flexibility index (Phi) is 5.60. The summed E-state index contributed by atoms with van der Waals surface area (Å²) < 4.78 is 10.9. The monoisotopic (exact) mass is 276 g/mol. The van der Waals surface area contributed by atoms with Crippen molar-refractivity contribution in [2.75, 3.05) is 20.3 Å². The molecule has 0 unspecified atom stereocenters. The fraction of sp³-hybridized carbons (Fsp3) is 0.588. The molecule has 0 heterocycles. The maximum absolute atomic E-state index is 12.2. The van der Waals surface area contributed by atoms with Gasteiger partial charge in [-0.2, -0.15) is 0 Å². The van der Waals surface area contributed by atoms with Gasteiger partial charge in [0, 0.05) is 0 Å². The lowest BCUT2D eigenvalue weighted by Crippen LogP contribution is -2.17. The van der Waals surface area contributed by atoms with E-state index < -0.39 is 0 Å². The molecule has 20 heavy (non-hydrogen) atoms. The molecule has 3 heteroatoms. The van der Waals surface area contributed by atoms with E-state index >= 15 is 0 Å². The zero-order valence-corrected chi connectivity index (χ0v) is 12.5. The van der Waals surface area contributed by atoms with Gasteiger partial charge in [0.1, 0.15) is 12.4 Å². The lowest BCUT2D eigenvalue weighted by Gasteiger charge is -2.21. The van der Waals surface area contributed by atoms with E-state index in [-0.39, 0.29) is 12.4 Å². The van der Waals surface area contributed by atoms with Crippen LogP contribution in [0.3, 0.4) is 0 Å². The van der Waals surface area contributed by atoms with Gasteiger partial charge >= 0.3 is 0 Å². The lowest BCUT2D eigenvalue weighted by molar-refractivity contribution is 0.0626. The fourth-order valence-electron chi connectivity index (χ4n) is 2.78.